The largest absolute Gasteiger partial charge is 0.351 e. The number of carbonyl (C=O) groups is 1. The number of hydrogen-bond acceptors (Lipinski definition) is 3. The zero-order valence-corrected chi connectivity index (χ0v) is 12.3. The summed E-state index contributed by atoms with van der Waals surface area (Å²) in [6.45, 7) is 0.510. The molecule has 5 nitrogen and oxygen atoms in total. The van der Waals surface area contributed by atoms with Gasteiger partial charge in [-0.1, -0.05) is 15.9 Å². The number of nitro benzene ring substituents is 1. The van der Waals surface area contributed by atoms with Crippen LogP contribution in [0.25, 0.3) is 0 Å². The number of alkyl halides is 1. The second-order valence-corrected chi connectivity index (χ2v) is 5.95. The molecule has 1 fully saturated rings. The van der Waals surface area contributed by atoms with E-state index in [1.54, 1.807) is 6.07 Å². The molecule has 0 aliphatic heterocycles. The first-order valence-corrected chi connectivity index (χ1v) is 7.08. The van der Waals surface area contributed by atoms with E-state index in [1.165, 1.54) is 12.1 Å². The summed E-state index contributed by atoms with van der Waals surface area (Å²) in [4.78, 5) is 22.2. The van der Waals surface area contributed by atoms with Crippen LogP contribution in [0.4, 0.5) is 5.69 Å². The minimum absolute atomic E-state index is 0.0230. The van der Waals surface area contributed by atoms with Crippen molar-refractivity contribution in [2.45, 2.75) is 12.8 Å². The SMILES string of the molecule is O=C(NCC1(CCl)CC1)c1cc(Br)cc([N+](=O)[O-])c1. The van der Waals surface area contributed by atoms with Crippen LogP contribution in [0.2, 0.25) is 0 Å². The summed E-state index contributed by atoms with van der Waals surface area (Å²) in [7, 11) is 0. The Morgan fingerprint density at radius 3 is 2.68 bits per heavy atom. The lowest BCUT2D eigenvalue weighted by atomic mass is 10.1. The normalized spacial score (nSPS) is 15.9. The Kier molecular flexibility index (Phi) is 4.10. The van der Waals surface area contributed by atoms with Crippen molar-refractivity contribution >= 4 is 39.1 Å². The number of non-ortho nitro benzene ring substituents is 1. The summed E-state index contributed by atoms with van der Waals surface area (Å²) in [5, 5.41) is 13.5. The molecule has 102 valence electrons. The Bertz CT molecular complexity index is 532. The molecule has 0 bridgehead atoms. The number of hydrogen-bond donors (Lipinski definition) is 1. The Morgan fingerprint density at radius 1 is 1.47 bits per heavy atom. The van der Waals surface area contributed by atoms with E-state index >= 15 is 0 Å². The predicted molar refractivity (Wildman–Crippen MR) is 75.5 cm³/mol. The summed E-state index contributed by atoms with van der Waals surface area (Å²) < 4.78 is 0.505. The maximum absolute atomic E-state index is 12.0. The van der Waals surface area contributed by atoms with Gasteiger partial charge in [-0.15, -0.1) is 11.6 Å². The number of carbonyl (C=O) groups excluding carboxylic acids is 1. The molecule has 1 aliphatic carbocycles. The molecule has 1 saturated carbocycles. The van der Waals surface area contributed by atoms with Gasteiger partial charge in [0.25, 0.3) is 11.6 Å². The molecule has 1 aromatic rings. The van der Waals surface area contributed by atoms with Crippen molar-refractivity contribution in [1.82, 2.24) is 5.32 Å². The number of amides is 1. The number of rotatable bonds is 5. The van der Waals surface area contributed by atoms with E-state index in [9.17, 15) is 14.9 Å². The van der Waals surface area contributed by atoms with Crippen molar-refractivity contribution in [3.63, 3.8) is 0 Å². The van der Waals surface area contributed by atoms with E-state index in [-0.39, 0.29) is 22.6 Å². The smallest absolute Gasteiger partial charge is 0.271 e. The van der Waals surface area contributed by atoms with Crippen molar-refractivity contribution in [3.05, 3.63) is 38.3 Å². The van der Waals surface area contributed by atoms with Gasteiger partial charge in [0.15, 0.2) is 0 Å². The monoisotopic (exact) mass is 346 g/mol. The Balaban J connectivity index is 2.08. The van der Waals surface area contributed by atoms with Gasteiger partial charge in [-0.2, -0.15) is 0 Å². The van der Waals surface area contributed by atoms with E-state index in [4.69, 9.17) is 11.6 Å². The van der Waals surface area contributed by atoms with Gasteiger partial charge in [0.2, 0.25) is 0 Å². The van der Waals surface area contributed by atoms with Crippen molar-refractivity contribution in [3.8, 4) is 0 Å². The molecule has 0 aromatic heterocycles. The van der Waals surface area contributed by atoms with Gasteiger partial charge >= 0.3 is 0 Å². The first kappa shape index (κ1) is 14.3. The zero-order valence-electron chi connectivity index (χ0n) is 9.99. The van der Waals surface area contributed by atoms with E-state index in [0.29, 0.717) is 16.9 Å². The van der Waals surface area contributed by atoms with Crippen LogP contribution in [0.3, 0.4) is 0 Å². The average molecular weight is 348 g/mol. The Hall–Kier alpha value is -1.14. The highest BCUT2D eigenvalue weighted by Gasteiger charge is 2.41. The van der Waals surface area contributed by atoms with Gasteiger partial charge in [-0.25, -0.2) is 0 Å². The zero-order chi connectivity index (χ0) is 14.0. The fourth-order valence-corrected chi connectivity index (χ4v) is 2.56. The van der Waals surface area contributed by atoms with Crippen molar-refractivity contribution in [2.24, 2.45) is 5.41 Å². The summed E-state index contributed by atoms with van der Waals surface area (Å²) >= 11 is 8.99. The second kappa shape index (κ2) is 5.46. The number of nitrogens with zero attached hydrogens (tertiary/aromatic N) is 1. The topological polar surface area (TPSA) is 72.2 Å². The van der Waals surface area contributed by atoms with Crippen molar-refractivity contribution in [1.29, 1.82) is 0 Å². The molecule has 0 radical (unpaired) electrons. The number of benzene rings is 1. The molecule has 1 N–H and O–H groups in total. The van der Waals surface area contributed by atoms with Gasteiger partial charge in [0.05, 0.1) is 4.92 Å². The van der Waals surface area contributed by atoms with Crippen LogP contribution in [0, 0.1) is 15.5 Å². The maximum Gasteiger partial charge on any atom is 0.271 e. The molecule has 19 heavy (non-hydrogen) atoms. The van der Waals surface area contributed by atoms with E-state index in [1.807, 2.05) is 0 Å². The number of nitrogens with one attached hydrogen (secondary N) is 1. The maximum atomic E-state index is 12.0. The van der Waals surface area contributed by atoms with Gasteiger partial charge in [0, 0.05) is 40.0 Å². The molecule has 0 unspecified atom stereocenters. The number of nitro groups is 1. The third-order valence-corrected chi connectivity index (χ3v) is 4.24. The Labute approximate surface area is 123 Å². The molecule has 1 aromatic carbocycles. The summed E-state index contributed by atoms with van der Waals surface area (Å²) in [6, 6.07) is 4.18. The minimum atomic E-state index is -0.525. The summed E-state index contributed by atoms with van der Waals surface area (Å²) in [5.74, 6) is 0.201. The van der Waals surface area contributed by atoms with Crippen LogP contribution in [0.1, 0.15) is 23.2 Å². The van der Waals surface area contributed by atoms with Crippen LogP contribution in [0.15, 0.2) is 22.7 Å². The third kappa shape index (κ3) is 3.45. The molecule has 0 heterocycles. The van der Waals surface area contributed by atoms with Crippen LogP contribution in [0.5, 0.6) is 0 Å². The number of halogens is 2. The second-order valence-electron chi connectivity index (χ2n) is 4.77. The highest BCUT2D eigenvalue weighted by Crippen LogP contribution is 2.45. The van der Waals surface area contributed by atoms with Crippen LogP contribution in [-0.4, -0.2) is 23.3 Å². The highest BCUT2D eigenvalue weighted by atomic mass is 79.9. The molecule has 0 spiro atoms. The van der Waals surface area contributed by atoms with Gasteiger partial charge in [-0.05, 0) is 18.9 Å². The molecule has 2 rings (SSSR count). The molecule has 0 saturated heterocycles. The Morgan fingerprint density at radius 2 is 2.16 bits per heavy atom. The third-order valence-electron chi connectivity index (χ3n) is 3.22. The fraction of sp³-hybridized carbons (Fsp3) is 0.417. The standard InChI is InChI=1S/C12H12BrClN2O3/c13-9-3-8(4-10(5-9)16(18)19)11(17)15-7-12(6-14)1-2-12/h3-5H,1-2,6-7H2,(H,15,17). The van der Waals surface area contributed by atoms with E-state index in [2.05, 4.69) is 21.2 Å². The fourth-order valence-electron chi connectivity index (χ4n) is 1.71. The van der Waals surface area contributed by atoms with Gasteiger partial charge < -0.3 is 5.32 Å². The first-order valence-electron chi connectivity index (χ1n) is 5.75. The van der Waals surface area contributed by atoms with Gasteiger partial charge in [0.1, 0.15) is 0 Å². The van der Waals surface area contributed by atoms with Gasteiger partial charge in [-0.3, -0.25) is 14.9 Å². The molecule has 1 aliphatic rings. The highest BCUT2D eigenvalue weighted by molar-refractivity contribution is 9.10. The lowest BCUT2D eigenvalue weighted by molar-refractivity contribution is -0.385. The molecule has 1 amide bonds. The van der Waals surface area contributed by atoms with Crippen LogP contribution < -0.4 is 5.32 Å². The van der Waals surface area contributed by atoms with Crippen LogP contribution in [-0.2, 0) is 0 Å². The van der Waals surface area contributed by atoms with E-state index in [0.717, 1.165) is 12.8 Å². The predicted octanol–water partition coefficient (Wildman–Crippen LogP) is 3.11. The molecular formula is C12H12BrClN2O3. The lowest BCUT2D eigenvalue weighted by Crippen LogP contribution is -2.31. The molecule has 0 atom stereocenters. The van der Waals surface area contributed by atoms with E-state index < -0.39 is 4.92 Å². The van der Waals surface area contributed by atoms with Crippen molar-refractivity contribution in [2.75, 3.05) is 12.4 Å². The summed E-state index contributed by atoms with van der Waals surface area (Å²) in [5.41, 5.74) is 0.180. The average Bonchev–Trinajstić information content (AvgIpc) is 3.16. The van der Waals surface area contributed by atoms with Crippen LogP contribution >= 0.6 is 27.5 Å². The molecule has 7 heteroatoms. The summed E-state index contributed by atoms with van der Waals surface area (Å²) in [6.07, 6.45) is 2.02. The first-order chi connectivity index (χ1) is 8.96. The lowest BCUT2D eigenvalue weighted by Gasteiger charge is -2.12. The molecular weight excluding hydrogens is 336 g/mol. The quantitative estimate of drug-likeness (QED) is 0.505. The minimum Gasteiger partial charge on any atom is -0.351 e. The van der Waals surface area contributed by atoms with Crippen molar-refractivity contribution < 1.29 is 9.72 Å².